The first kappa shape index (κ1) is 19.5. The van der Waals surface area contributed by atoms with E-state index in [9.17, 15) is 13.2 Å². The lowest BCUT2D eigenvalue weighted by molar-refractivity contribution is 0.102. The van der Waals surface area contributed by atoms with E-state index in [4.69, 9.17) is 0 Å². The number of rotatable bonds is 5. The number of nitrogens with zero attached hydrogens (tertiary/aromatic N) is 2. The summed E-state index contributed by atoms with van der Waals surface area (Å²) in [4.78, 5) is 17.3. The van der Waals surface area contributed by atoms with E-state index >= 15 is 0 Å². The van der Waals surface area contributed by atoms with Crippen molar-refractivity contribution in [3.63, 3.8) is 0 Å². The Morgan fingerprint density at radius 2 is 1.93 bits per heavy atom. The van der Waals surface area contributed by atoms with Crippen LogP contribution in [0.25, 0.3) is 10.2 Å². The van der Waals surface area contributed by atoms with Crippen molar-refractivity contribution in [3.05, 3.63) is 53.1 Å². The maximum atomic E-state index is 12.7. The van der Waals surface area contributed by atoms with Crippen molar-refractivity contribution >= 4 is 42.6 Å². The van der Waals surface area contributed by atoms with Crippen LogP contribution >= 0.6 is 11.3 Å². The fourth-order valence-corrected chi connectivity index (χ4v) is 4.48. The Labute approximate surface area is 162 Å². The van der Waals surface area contributed by atoms with E-state index in [1.165, 1.54) is 43.1 Å². The van der Waals surface area contributed by atoms with Gasteiger partial charge in [0.1, 0.15) is 0 Å². The zero-order chi connectivity index (χ0) is 19.8. The number of anilines is 1. The van der Waals surface area contributed by atoms with E-state index in [-0.39, 0.29) is 10.8 Å². The van der Waals surface area contributed by atoms with Gasteiger partial charge in [-0.3, -0.25) is 10.1 Å². The maximum absolute atomic E-state index is 12.7. The van der Waals surface area contributed by atoms with Crippen LogP contribution in [0.1, 0.15) is 28.4 Å². The van der Waals surface area contributed by atoms with Gasteiger partial charge < -0.3 is 0 Å². The summed E-state index contributed by atoms with van der Waals surface area (Å²) >= 11 is 1.40. The number of hydrogen-bond donors (Lipinski definition) is 1. The lowest BCUT2D eigenvalue weighted by Gasteiger charge is -2.13. The lowest BCUT2D eigenvalue weighted by Crippen LogP contribution is -2.23. The van der Waals surface area contributed by atoms with E-state index in [0.29, 0.717) is 16.3 Å². The van der Waals surface area contributed by atoms with E-state index < -0.39 is 10.0 Å². The summed E-state index contributed by atoms with van der Waals surface area (Å²) in [5.74, 6) is -0.377. The number of benzene rings is 2. The normalized spacial score (nSPS) is 11.9. The van der Waals surface area contributed by atoms with Crippen molar-refractivity contribution in [1.82, 2.24) is 9.29 Å². The van der Waals surface area contributed by atoms with Crippen LogP contribution in [0.3, 0.4) is 0 Å². The number of amides is 1. The van der Waals surface area contributed by atoms with E-state index in [1.54, 1.807) is 13.0 Å². The minimum Gasteiger partial charge on any atom is -0.298 e. The molecule has 1 amide bonds. The third-order valence-corrected chi connectivity index (χ3v) is 7.06. The van der Waals surface area contributed by atoms with Gasteiger partial charge in [0.2, 0.25) is 10.0 Å². The second kappa shape index (κ2) is 7.38. The zero-order valence-corrected chi connectivity index (χ0v) is 17.2. The Kier molecular flexibility index (Phi) is 5.32. The molecular formula is C19H21N3O3S2. The standard InChI is InChI=1S/C19H21N3O3S2/c1-5-13-7-9-16-17(10-13)26-19(20-16)21-18(23)15-11-14(8-6-12(15)2)27(24,25)22(3)4/h6-11H,5H2,1-4H3,(H,20,21,23). The number of sulfonamides is 1. The minimum absolute atomic E-state index is 0.0835. The molecule has 0 unspecified atom stereocenters. The van der Waals surface area contributed by atoms with E-state index in [2.05, 4.69) is 23.3 Å². The molecule has 0 atom stereocenters. The molecule has 3 aromatic rings. The number of thiazole rings is 1. The molecule has 0 fully saturated rings. The predicted molar refractivity (Wildman–Crippen MR) is 109 cm³/mol. The van der Waals surface area contributed by atoms with Crippen LogP contribution in [0, 0.1) is 6.92 Å². The summed E-state index contributed by atoms with van der Waals surface area (Å²) in [6.07, 6.45) is 0.932. The van der Waals surface area contributed by atoms with Gasteiger partial charge in [0.15, 0.2) is 5.13 Å². The Morgan fingerprint density at radius 1 is 1.19 bits per heavy atom. The van der Waals surface area contributed by atoms with E-state index in [1.807, 2.05) is 12.1 Å². The molecule has 27 heavy (non-hydrogen) atoms. The number of nitrogens with one attached hydrogen (secondary N) is 1. The Hall–Kier alpha value is -2.29. The second-order valence-electron chi connectivity index (χ2n) is 6.39. The molecular weight excluding hydrogens is 382 g/mol. The molecule has 8 heteroatoms. The largest absolute Gasteiger partial charge is 0.298 e. The molecule has 0 aliphatic heterocycles. The first-order valence-corrected chi connectivity index (χ1v) is 10.7. The van der Waals surface area contributed by atoms with Crippen molar-refractivity contribution in [2.45, 2.75) is 25.2 Å². The molecule has 1 aromatic heterocycles. The van der Waals surface area contributed by atoms with Crippen molar-refractivity contribution in [2.75, 3.05) is 19.4 Å². The summed E-state index contributed by atoms with van der Waals surface area (Å²) < 4.78 is 26.8. The second-order valence-corrected chi connectivity index (χ2v) is 9.58. The highest BCUT2D eigenvalue weighted by molar-refractivity contribution is 7.89. The van der Waals surface area contributed by atoms with Gasteiger partial charge in [0.25, 0.3) is 5.91 Å². The number of aromatic nitrogens is 1. The van der Waals surface area contributed by atoms with Crippen LogP contribution in [0.15, 0.2) is 41.3 Å². The van der Waals surface area contributed by atoms with Crippen LogP contribution in [0.4, 0.5) is 5.13 Å². The van der Waals surface area contributed by atoms with Crippen molar-refractivity contribution in [1.29, 1.82) is 0 Å². The van der Waals surface area contributed by atoms with Gasteiger partial charge in [-0.25, -0.2) is 17.7 Å². The average molecular weight is 404 g/mol. The molecule has 2 aromatic carbocycles. The lowest BCUT2D eigenvalue weighted by atomic mass is 10.1. The smallest absolute Gasteiger partial charge is 0.257 e. The van der Waals surface area contributed by atoms with Crippen molar-refractivity contribution in [2.24, 2.45) is 0 Å². The topological polar surface area (TPSA) is 79.4 Å². The van der Waals surface area contributed by atoms with Crippen LogP contribution < -0.4 is 5.32 Å². The predicted octanol–water partition coefficient (Wildman–Crippen LogP) is 3.67. The van der Waals surface area contributed by atoms with Crippen molar-refractivity contribution in [3.8, 4) is 0 Å². The van der Waals surface area contributed by atoms with Crippen LogP contribution in [-0.2, 0) is 16.4 Å². The molecule has 1 heterocycles. The number of carbonyl (C=O) groups is 1. The van der Waals surface area contributed by atoms with Gasteiger partial charge in [0, 0.05) is 19.7 Å². The van der Waals surface area contributed by atoms with Gasteiger partial charge in [-0.2, -0.15) is 0 Å². The molecule has 1 N–H and O–H groups in total. The molecule has 6 nitrogen and oxygen atoms in total. The third-order valence-electron chi connectivity index (χ3n) is 4.31. The zero-order valence-electron chi connectivity index (χ0n) is 15.6. The highest BCUT2D eigenvalue weighted by Gasteiger charge is 2.20. The highest BCUT2D eigenvalue weighted by atomic mass is 32.2. The molecule has 0 radical (unpaired) electrons. The molecule has 0 saturated heterocycles. The molecule has 142 valence electrons. The Balaban J connectivity index is 1.92. The van der Waals surface area contributed by atoms with Gasteiger partial charge in [0.05, 0.1) is 15.1 Å². The number of fused-ring (bicyclic) bond motifs is 1. The Morgan fingerprint density at radius 3 is 2.59 bits per heavy atom. The number of aryl methyl sites for hydroxylation is 2. The molecule has 0 bridgehead atoms. The summed E-state index contributed by atoms with van der Waals surface area (Å²) in [7, 11) is -0.693. The third kappa shape index (κ3) is 3.87. The monoisotopic (exact) mass is 403 g/mol. The van der Waals surface area contributed by atoms with Crippen LogP contribution in [-0.4, -0.2) is 37.7 Å². The summed E-state index contributed by atoms with van der Waals surface area (Å²) in [5.41, 5.74) is 3.04. The first-order chi connectivity index (χ1) is 12.7. The molecule has 3 rings (SSSR count). The Bertz CT molecular complexity index is 1120. The van der Waals surface area contributed by atoms with Crippen molar-refractivity contribution < 1.29 is 13.2 Å². The van der Waals surface area contributed by atoms with Crippen LogP contribution in [0.5, 0.6) is 0 Å². The molecule has 0 aliphatic rings. The van der Waals surface area contributed by atoms with Gasteiger partial charge in [-0.15, -0.1) is 0 Å². The molecule has 0 saturated carbocycles. The highest BCUT2D eigenvalue weighted by Crippen LogP contribution is 2.28. The molecule has 0 aliphatic carbocycles. The molecule has 0 spiro atoms. The fraction of sp³-hybridized carbons (Fsp3) is 0.263. The number of hydrogen-bond acceptors (Lipinski definition) is 5. The quantitative estimate of drug-likeness (QED) is 0.705. The summed E-state index contributed by atoms with van der Waals surface area (Å²) in [6, 6.07) is 10.6. The first-order valence-electron chi connectivity index (χ1n) is 8.46. The maximum Gasteiger partial charge on any atom is 0.257 e. The van der Waals surface area contributed by atoms with Crippen LogP contribution in [0.2, 0.25) is 0 Å². The fourth-order valence-electron chi connectivity index (χ4n) is 2.62. The number of carbonyl (C=O) groups excluding carboxylic acids is 1. The van der Waals surface area contributed by atoms with Gasteiger partial charge >= 0.3 is 0 Å². The minimum atomic E-state index is -3.61. The SMILES string of the molecule is CCc1ccc2nc(NC(=O)c3cc(S(=O)(=O)N(C)C)ccc3C)sc2c1. The summed E-state index contributed by atoms with van der Waals surface area (Å²) in [6.45, 7) is 3.86. The van der Waals surface area contributed by atoms with Gasteiger partial charge in [-0.05, 0) is 48.7 Å². The van der Waals surface area contributed by atoms with E-state index in [0.717, 1.165) is 20.9 Å². The van der Waals surface area contributed by atoms with Gasteiger partial charge in [-0.1, -0.05) is 30.4 Å². The average Bonchev–Trinajstić information content (AvgIpc) is 3.02. The summed E-state index contributed by atoms with van der Waals surface area (Å²) in [5, 5.41) is 3.28.